The highest BCUT2D eigenvalue weighted by molar-refractivity contribution is 7.17. The van der Waals surface area contributed by atoms with Gasteiger partial charge in [0.2, 0.25) is 0 Å². The lowest BCUT2D eigenvalue weighted by Gasteiger charge is -2.24. The monoisotopic (exact) mass is 469 g/mol. The molecule has 0 radical (unpaired) electrons. The van der Waals surface area contributed by atoms with Crippen molar-refractivity contribution in [2.45, 2.75) is 46.3 Å². The minimum atomic E-state index is -0.677. The van der Waals surface area contributed by atoms with Crippen LogP contribution < -0.4 is 15.0 Å². The summed E-state index contributed by atoms with van der Waals surface area (Å²) < 4.78 is 7.80. The van der Waals surface area contributed by atoms with E-state index in [1.165, 1.54) is 17.5 Å². The zero-order valence-corrected chi connectivity index (χ0v) is 20.1. The van der Waals surface area contributed by atoms with Crippen LogP contribution in [0.15, 0.2) is 55.2 Å². The van der Waals surface area contributed by atoms with Gasteiger partial charge in [0.05, 0.1) is 12.5 Å². The molecule has 2 aromatic heterocycles. The van der Waals surface area contributed by atoms with Gasteiger partial charge < -0.3 is 14.6 Å². The number of benzene rings is 1. The zero-order valence-electron chi connectivity index (χ0n) is 19.3. The maximum Gasteiger partial charge on any atom is 0.269 e. The standard InChI is InChI=1S/C24H31N5O3S/c1-18(2)10-14-29(23(31)19(3)32-20-8-5-4-6-9-20)24-27-16-21(33-24)22(30)26-11-7-13-28-15-12-25-17-28/h4-6,8-9,12,15-19H,7,10-11,13-14H2,1-3H3,(H,26,30)/t19-/m0/s1. The number of nitrogens with zero attached hydrogens (tertiary/aromatic N) is 4. The highest BCUT2D eigenvalue weighted by atomic mass is 32.1. The second-order valence-electron chi connectivity index (χ2n) is 8.16. The number of thiazole rings is 1. The smallest absolute Gasteiger partial charge is 0.269 e. The Kier molecular flexibility index (Phi) is 9.00. The number of para-hydroxylation sites is 1. The summed E-state index contributed by atoms with van der Waals surface area (Å²) in [6.07, 6.45) is 7.84. The Morgan fingerprint density at radius 2 is 2.00 bits per heavy atom. The Labute approximate surface area is 198 Å². The predicted octanol–water partition coefficient (Wildman–Crippen LogP) is 4.01. The van der Waals surface area contributed by atoms with Crippen molar-refractivity contribution in [1.29, 1.82) is 0 Å². The summed E-state index contributed by atoms with van der Waals surface area (Å²) in [7, 11) is 0. The van der Waals surface area contributed by atoms with Crippen LogP contribution in [-0.2, 0) is 11.3 Å². The van der Waals surface area contributed by atoms with Crippen LogP contribution in [0.4, 0.5) is 5.13 Å². The number of imidazole rings is 1. The Bertz CT molecular complexity index is 1000. The number of hydrogen-bond acceptors (Lipinski definition) is 6. The van der Waals surface area contributed by atoms with Gasteiger partial charge in [0, 0.05) is 32.0 Å². The molecule has 0 saturated heterocycles. The van der Waals surface area contributed by atoms with Gasteiger partial charge in [-0.2, -0.15) is 0 Å². The highest BCUT2D eigenvalue weighted by Crippen LogP contribution is 2.25. The van der Waals surface area contributed by atoms with E-state index < -0.39 is 6.10 Å². The van der Waals surface area contributed by atoms with Gasteiger partial charge in [0.1, 0.15) is 10.6 Å². The molecule has 3 rings (SSSR count). The van der Waals surface area contributed by atoms with E-state index in [0.29, 0.717) is 34.8 Å². The maximum atomic E-state index is 13.2. The highest BCUT2D eigenvalue weighted by Gasteiger charge is 2.26. The molecule has 0 unspecified atom stereocenters. The summed E-state index contributed by atoms with van der Waals surface area (Å²) in [5.74, 6) is 0.691. The van der Waals surface area contributed by atoms with E-state index in [4.69, 9.17) is 4.74 Å². The fourth-order valence-corrected chi connectivity index (χ4v) is 3.99. The Hall–Kier alpha value is -3.20. The van der Waals surface area contributed by atoms with Crippen LogP contribution in [0.1, 0.15) is 43.3 Å². The van der Waals surface area contributed by atoms with Gasteiger partial charge in [0.25, 0.3) is 11.8 Å². The molecule has 0 fully saturated rings. The van der Waals surface area contributed by atoms with Crippen LogP contribution in [0.2, 0.25) is 0 Å². The van der Waals surface area contributed by atoms with Crippen LogP contribution in [-0.4, -0.2) is 45.5 Å². The van der Waals surface area contributed by atoms with E-state index in [1.807, 2.05) is 41.1 Å². The lowest BCUT2D eigenvalue weighted by atomic mass is 10.1. The SMILES string of the molecule is CC(C)CCN(C(=O)[C@H](C)Oc1ccccc1)c1ncc(C(=O)NCCCn2ccnc2)s1. The first kappa shape index (κ1) is 24.4. The predicted molar refractivity (Wildman–Crippen MR) is 130 cm³/mol. The molecule has 0 spiro atoms. The summed E-state index contributed by atoms with van der Waals surface area (Å²) >= 11 is 1.22. The van der Waals surface area contributed by atoms with Gasteiger partial charge in [-0.05, 0) is 37.8 Å². The summed E-state index contributed by atoms with van der Waals surface area (Å²) in [6.45, 7) is 7.79. The van der Waals surface area contributed by atoms with Crippen molar-refractivity contribution in [2.75, 3.05) is 18.0 Å². The molecule has 2 heterocycles. The van der Waals surface area contributed by atoms with Crippen molar-refractivity contribution in [3.63, 3.8) is 0 Å². The number of carbonyl (C=O) groups excluding carboxylic acids is 2. The van der Waals surface area contributed by atoms with Gasteiger partial charge in [-0.3, -0.25) is 14.5 Å². The molecule has 0 aliphatic heterocycles. The van der Waals surface area contributed by atoms with Crippen LogP contribution in [0.5, 0.6) is 5.75 Å². The van der Waals surface area contributed by atoms with Crippen molar-refractivity contribution < 1.29 is 14.3 Å². The molecule has 0 aliphatic carbocycles. The summed E-state index contributed by atoms with van der Waals surface area (Å²) in [5, 5.41) is 3.43. The van der Waals surface area contributed by atoms with Crippen LogP contribution in [0.25, 0.3) is 0 Å². The molecule has 0 saturated carbocycles. The molecule has 3 aromatic rings. The summed E-state index contributed by atoms with van der Waals surface area (Å²) in [5.41, 5.74) is 0. The Balaban J connectivity index is 1.61. The largest absolute Gasteiger partial charge is 0.481 e. The first-order valence-corrected chi connectivity index (χ1v) is 12.0. The number of ether oxygens (including phenoxy) is 1. The summed E-state index contributed by atoms with van der Waals surface area (Å²) in [4.78, 5) is 36.3. The van der Waals surface area contributed by atoms with E-state index in [1.54, 1.807) is 24.3 Å². The third kappa shape index (κ3) is 7.42. The number of anilines is 1. The number of carbonyl (C=O) groups is 2. The number of aryl methyl sites for hydroxylation is 1. The number of hydrogen-bond donors (Lipinski definition) is 1. The Morgan fingerprint density at radius 3 is 2.70 bits per heavy atom. The first-order valence-electron chi connectivity index (χ1n) is 11.2. The fraction of sp³-hybridized carbons (Fsp3) is 0.417. The van der Waals surface area contributed by atoms with Crippen molar-refractivity contribution in [3.8, 4) is 5.75 Å². The van der Waals surface area contributed by atoms with Crippen molar-refractivity contribution in [2.24, 2.45) is 5.92 Å². The van der Waals surface area contributed by atoms with E-state index in [2.05, 4.69) is 29.1 Å². The number of nitrogens with one attached hydrogen (secondary N) is 1. The minimum absolute atomic E-state index is 0.179. The van der Waals surface area contributed by atoms with Crippen molar-refractivity contribution in [1.82, 2.24) is 19.9 Å². The maximum absolute atomic E-state index is 13.2. The number of rotatable bonds is 12. The molecule has 176 valence electrons. The van der Waals surface area contributed by atoms with Crippen LogP contribution in [0.3, 0.4) is 0 Å². The zero-order chi connectivity index (χ0) is 23.6. The van der Waals surface area contributed by atoms with Crippen LogP contribution >= 0.6 is 11.3 Å². The molecule has 1 N–H and O–H groups in total. The molecular formula is C24H31N5O3S. The van der Waals surface area contributed by atoms with Gasteiger partial charge >= 0.3 is 0 Å². The van der Waals surface area contributed by atoms with Crippen molar-refractivity contribution >= 4 is 28.3 Å². The van der Waals surface area contributed by atoms with E-state index >= 15 is 0 Å². The third-order valence-electron chi connectivity index (χ3n) is 4.99. The Morgan fingerprint density at radius 1 is 1.21 bits per heavy atom. The van der Waals surface area contributed by atoms with Gasteiger partial charge in [-0.15, -0.1) is 0 Å². The second-order valence-corrected chi connectivity index (χ2v) is 9.17. The molecule has 33 heavy (non-hydrogen) atoms. The quantitative estimate of drug-likeness (QED) is 0.405. The van der Waals surface area contributed by atoms with E-state index in [-0.39, 0.29) is 11.8 Å². The molecule has 1 atom stereocenters. The summed E-state index contributed by atoms with van der Waals surface area (Å²) in [6, 6.07) is 9.27. The average molecular weight is 470 g/mol. The lowest BCUT2D eigenvalue weighted by Crippen LogP contribution is -2.41. The molecule has 8 nitrogen and oxygen atoms in total. The number of amides is 2. The van der Waals surface area contributed by atoms with Gasteiger partial charge in [-0.1, -0.05) is 43.4 Å². The lowest BCUT2D eigenvalue weighted by molar-refractivity contribution is -0.124. The van der Waals surface area contributed by atoms with Crippen molar-refractivity contribution in [3.05, 3.63) is 60.1 Å². The van der Waals surface area contributed by atoms with E-state index in [0.717, 1.165) is 19.4 Å². The van der Waals surface area contributed by atoms with Gasteiger partial charge in [0.15, 0.2) is 11.2 Å². The minimum Gasteiger partial charge on any atom is -0.481 e. The van der Waals surface area contributed by atoms with Gasteiger partial charge in [-0.25, -0.2) is 9.97 Å². The topological polar surface area (TPSA) is 89.4 Å². The fourth-order valence-electron chi connectivity index (χ4n) is 3.12. The second kappa shape index (κ2) is 12.2. The average Bonchev–Trinajstić information content (AvgIpc) is 3.50. The third-order valence-corrected chi connectivity index (χ3v) is 6.01. The molecular weight excluding hydrogens is 438 g/mol. The van der Waals surface area contributed by atoms with Crippen LogP contribution in [0, 0.1) is 5.92 Å². The first-order chi connectivity index (χ1) is 15.9. The molecule has 0 aliphatic rings. The van der Waals surface area contributed by atoms with E-state index in [9.17, 15) is 9.59 Å². The molecule has 0 bridgehead atoms. The molecule has 9 heteroatoms. The number of aromatic nitrogens is 3. The normalized spacial score (nSPS) is 11.9. The molecule has 1 aromatic carbocycles. The molecule has 2 amide bonds.